The second kappa shape index (κ2) is 9.18. The minimum absolute atomic E-state index is 0.134. The molecule has 0 aromatic carbocycles. The van der Waals surface area contributed by atoms with Gasteiger partial charge >= 0.3 is 5.97 Å². The maximum atomic E-state index is 12.3. The third kappa shape index (κ3) is 6.68. The lowest BCUT2D eigenvalue weighted by atomic mass is 9.81. The Hall–Kier alpha value is -0.730. The first-order chi connectivity index (χ1) is 12.2. The highest BCUT2D eigenvalue weighted by Crippen LogP contribution is 2.30. The summed E-state index contributed by atoms with van der Waals surface area (Å²) in [6.07, 6.45) is -1.23. The van der Waals surface area contributed by atoms with Gasteiger partial charge in [-0.15, -0.1) is 0 Å². The fourth-order valence-corrected chi connectivity index (χ4v) is 4.20. The summed E-state index contributed by atoms with van der Waals surface area (Å²) in [6, 6.07) is -0.377. The van der Waals surface area contributed by atoms with Gasteiger partial charge in [-0.25, -0.2) is 0 Å². The number of hydrogen-bond donors (Lipinski definition) is 4. The van der Waals surface area contributed by atoms with Gasteiger partial charge < -0.3 is 30.1 Å². The number of carbonyl (C=O) groups excluding carboxylic acids is 1. The van der Waals surface area contributed by atoms with Crippen molar-refractivity contribution >= 4 is 5.97 Å². The fraction of sp³-hybridized carbons (Fsp3) is 0.950. The molecule has 0 aromatic heterocycles. The molecule has 1 aliphatic heterocycles. The van der Waals surface area contributed by atoms with Gasteiger partial charge in [-0.3, -0.25) is 4.79 Å². The molecule has 1 rings (SSSR count). The third-order valence-corrected chi connectivity index (χ3v) is 5.91. The molecule has 0 spiro atoms. The number of likely N-dealkylation sites (N-methyl/N-ethyl adjacent to an activating group) is 1. The Balaban J connectivity index is 3.12. The molecule has 1 heterocycles. The van der Waals surface area contributed by atoms with E-state index >= 15 is 0 Å². The first kappa shape index (κ1) is 24.3. The smallest absolute Gasteiger partial charge is 0.311 e. The maximum absolute atomic E-state index is 12.3. The molecule has 8 unspecified atom stereocenters. The van der Waals surface area contributed by atoms with E-state index < -0.39 is 35.3 Å². The van der Waals surface area contributed by atoms with Crippen LogP contribution in [-0.2, 0) is 9.53 Å². The zero-order valence-corrected chi connectivity index (χ0v) is 17.8. The lowest BCUT2D eigenvalue weighted by Gasteiger charge is -2.38. The van der Waals surface area contributed by atoms with Gasteiger partial charge in [0.25, 0.3) is 0 Å². The zero-order valence-electron chi connectivity index (χ0n) is 17.8. The van der Waals surface area contributed by atoms with Crippen molar-refractivity contribution in [1.82, 2.24) is 4.90 Å². The molecule has 160 valence electrons. The average molecular weight is 390 g/mol. The van der Waals surface area contributed by atoms with Crippen molar-refractivity contribution in [2.45, 2.75) is 83.8 Å². The highest BCUT2D eigenvalue weighted by atomic mass is 16.5. The number of nitrogens with zero attached hydrogens (tertiary/aromatic N) is 1. The van der Waals surface area contributed by atoms with Gasteiger partial charge in [0.15, 0.2) is 0 Å². The summed E-state index contributed by atoms with van der Waals surface area (Å²) in [7, 11) is 1.85. The fourth-order valence-electron chi connectivity index (χ4n) is 4.20. The van der Waals surface area contributed by atoms with Gasteiger partial charge in [0.2, 0.25) is 0 Å². The number of cyclic esters (lactones) is 1. The van der Waals surface area contributed by atoms with Gasteiger partial charge in [-0.1, -0.05) is 13.8 Å². The molecule has 0 aromatic rings. The Kier molecular flexibility index (Phi) is 8.26. The Morgan fingerprint density at radius 1 is 1.07 bits per heavy atom. The first-order valence-corrected chi connectivity index (χ1v) is 9.85. The quantitative estimate of drug-likeness (QED) is 0.453. The van der Waals surface area contributed by atoms with E-state index in [4.69, 9.17) is 4.74 Å². The predicted molar refractivity (Wildman–Crippen MR) is 103 cm³/mol. The molecule has 1 saturated heterocycles. The molecule has 0 saturated carbocycles. The molecule has 1 fully saturated rings. The first-order valence-electron chi connectivity index (χ1n) is 9.85. The summed E-state index contributed by atoms with van der Waals surface area (Å²) in [4.78, 5) is 14.2. The predicted octanol–water partition coefficient (Wildman–Crippen LogP) is 0.776. The number of esters is 1. The minimum atomic E-state index is -1.62. The van der Waals surface area contributed by atoms with Crippen LogP contribution in [0.4, 0.5) is 0 Å². The lowest BCUT2D eigenvalue weighted by molar-refractivity contribution is -0.170. The molecular formula is C20H39NO6. The maximum Gasteiger partial charge on any atom is 0.311 e. The van der Waals surface area contributed by atoms with E-state index in [0.717, 1.165) is 0 Å². The van der Waals surface area contributed by atoms with Crippen molar-refractivity contribution in [2.75, 3.05) is 20.2 Å². The second-order valence-electron chi connectivity index (χ2n) is 9.36. The van der Waals surface area contributed by atoms with Crippen LogP contribution in [-0.4, -0.2) is 80.9 Å². The molecular weight excluding hydrogens is 350 g/mol. The Morgan fingerprint density at radius 3 is 2.19 bits per heavy atom. The van der Waals surface area contributed by atoms with Crippen LogP contribution in [0.5, 0.6) is 0 Å². The number of carbonyl (C=O) groups is 1. The van der Waals surface area contributed by atoms with Crippen LogP contribution in [0.15, 0.2) is 0 Å². The van der Waals surface area contributed by atoms with Gasteiger partial charge in [-0.2, -0.15) is 0 Å². The summed E-state index contributed by atoms with van der Waals surface area (Å²) in [5, 5.41) is 42.5. The third-order valence-electron chi connectivity index (χ3n) is 5.91. The van der Waals surface area contributed by atoms with E-state index in [1.807, 2.05) is 18.9 Å². The molecule has 0 radical (unpaired) electrons. The van der Waals surface area contributed by atoms with Crippen molar-refractivity contribution in [2.24, 2.45) is 17.8 Å². The minimum Gasteiger partial charge on any atom is -0.462 e. The summed E-state index contributed by atoms with van der Waals surface area (Å²) >= 11 is 0. The van der Waals surface area contributed by atoms with Crippen LogP contribution in [0.2, 0.25) is 0 Å². The van der Waals surface area contributed by atoms with Crippen LogP contribution in [0.25, 0.3) is 0 Å². The molecule has 0 amide bonds. The monoisotopic (exact) mass is 389 g/mol. The number of rotatable bonds is 0. The largest absolute Gasteiger partial charge is 0.462 e. The van der Waals surface area contributed by atoms with Crippen LogP contribution < -0.4 is 0 Å². The molecule has 1 aliphatic rings. The lowest BCUT2D eigenvalue weighted by Crippen LogP contribution is -2.55. The summed E-state index contributed by atoms with van der Waals surface area (Å²) < 4.78 is 5.20. The molecule has 7 nitrogen and oxygen atoms in total. The van der Waals surface area contributed by atoms with E-state index in [1.165, 1.54) is 6.92 Å². The van der Waals surface area contributed by atoms with Gasteiger partial charge in [0, 0.05) is 12.6 Å². The van der Waals surface area contributed by atoms with Gasteiger partial charge in [-0.05, 0) is 59.4 Å². The Bertz CT molecular complexity index is 495. The van der Waals surface area contributed by atoms with E-state index in [2.05, 4.69) is 0 Å². The van der Waals surface area contributed by atoms with Crippen molar-refractivity contribution in [3.63, 3.8) is 0 Å². The van der Waals surface area contributed by atoms with E-state index in [-0.39, 0.29) is 24.5 Å². The number of aliphatic hydroxyl groups excluding tert-OH is 2. The van der Waals surface area contributed by atoms with E-state index in [9.17, 15) is 25.2 Å². The van der Waals surface area contributed by atoms with Gasteiger partial charge in [0.05, 0.1) is 17.6 Å². The highest BCUT2D eigenvalue weighted by Gasteiger charge is 2.40. The average Bonchev–Trinajstić information content (AvgIpc) is 2.54. The Labute approximate surface area is 163 Å². The SMILES string of the molecule is CC1CN(C)C(C)C(O)C(C)(O)COC(=O)C(C)C(O)C(C)CC(C)(O)C1. The van der Waals surface area contributed by atoms with Gasteiger partial charge in [0.1, 0.15) is 18.3 Å². The number of aliphatic hydroxyl groups is 4. The molecule has 8 atom stereocenters. The number of ether oxygens (including phenoxy) is 1. The van der Waals surface area contributed by atoms with Crippen LogP contribution in [0.1, 0.15) is 54.4 Å². The van der Waals surface area contributed by atoms with Crippen molar-refractivity contribution in [3.8, 4) is 0 Å². The Morgan fingerprint density at radius 2 is 1.63 bits per heavy atom. The highest BCUT2D eigenvalue weighted by molar-refractivity contribution is 5.72. The summed E-state index contributed by atoms with van der Waals surface area (Å²) in [5.74, 6) is -1.60. The van der Waals surface area contributed by atoms with E-state index in [0.29, 0.717) is 19.4 Å². The van der Waals surface area contributed by atoms with E-state index in [1.54, 1.807) is 27.7 Å². The molecule has 7 heteroatoms. The zero-order chi connectivity index (χ0) is 21.2. The summed E-state index contributed by atoms with van der Waals surface area (Å²) in [5.41, 5.74) is -2.60. The molecule has 0 aliphatic carbocycles. The molecule has 4 N–H and O–H groups in total. The summed E-state index contributed by atoms with van der Waals surface area (Å²) in [6.45, 7) is 10.7. The van der Waals surface area contributed by atoms with Crippen molar-refractivity contribution in [3.05, 3.63) is 0 Å². The van der Waals surface area contributed by atoms with Crippen molar-refractivity contribution in [1.29, 1.82) is 0 Å². The standard InChI is InChI=1S/C20H39NO6/c1-12-8-19(5,25)9-13(2)16(22)14(3)18(24)27-11-20(6,26)17(23)15(4)21(7)10-12/h12-17,22-23,25-26H,8-11H2,1-7H3. The molecule has 27 heavy (non-hydrogen) atoms. The molecule has 0 bridgehead atoms. The van der Waals surface area contributed by atoms with Crippen molar-refractivity contribution < 1.29 is 30.0 Å². The second-order valence-corrected chi connectivity index (χ2v) is 9.36. The topological polar surface area (TPSA) is 110 Å². The van der Waals surface area contributed by atoms with Crippen LogP contribution in [0, 0.1) is 17.8 Å². The number of hydrogen-bond acceptors (Lipinski definition) is 7. The van der Waals surface area contributed by atoms with Crippen LogP contribution in [0.3, 0.4) is 0 Å². The van der Waals surface area contributed by atoms with Crippen LogP contribution >= 0.6 is 0 Å². The normalized spacial score (nSPS) is 47.0.